The van der Waals surface area contributed by atoms with Crippen molar-refractivity contribution in [1.82, 2.24) is 4.90 Å². The van der Waals surface area contributed by atoms with Crippen LogP contribution in [0.5, 0.6) is 5.75 Å². The van der Waals surface area contributed by atoms with Crippen LogP contribution in [0.3, 0.4) is 0 Å². The molecule has 0 bridgehead atoms. The first kappa shape index (κ1) is 18.2. The molecule has 0 spiro atoms. The van der Waals surface area contributed by atoms with Crippen LogP contribution < -0.4 is 4.74 Å². The number of benzene rings is 2. The molecule has 1 fully saturated rings. The molecule has 26 heavy (non-hydrogen) atoms. The van der Waals surface area contributed by atoms with E-state index in [4.69, 9.17) is 14.2 Å². The zero-order chi connectivity index (χ0) is 18.5. The van der Waals surface area contributed by atoms with Gasteiger partial charge in [0.15, 0.2) is 13.2 Å². The molecule has 1 aliphatic heterocycles. The number of fused-ring (bicyclic) bond motifs is 1. The van der Waals surface area contributed by atoms with E-state index in [2.05, 4.69) is 0 Å². The maximum absolute atomic E-state index is 12.2. The standard InChI is InChI=1S/C20H23NO5/c1-14-10-21(11-15(2)26-14)19(22)12-25-20(23)13-24-18-8-7-16-5-3-4-6-17(16)9-18/h3-9,14-15H,10-13H2,1-2H3/t14-,15+. The molecule has 0 radical (unpaired) electrons. The molecule has 3 rings (SSSR count). The molecule has 1 amide bonds. The molecule has 138 valence electrons. The molecule has 0 aromatic heterocycles. The number of carbonyl (C=O) groups excluding carboxylic acids is 2. The van der Waals surface area contributed by atoms with E-state index in [1.807, 2.05) is 50.2 Å². The predicted molar refractivity (Wildman–Crippen MR) is 97.0 cm³/mol. The molecule has 0 aliphatic carbocycles. The van der Waals surface area contributed by atoms with Gasteiger partial charge in [-0.25, -0.2) is 4.79 Å². The summed E-state index contributed by atoms with van der Waals surface area (Å²) >= 11 is 0. The smallest absolute Gasteiger partial charge is 0.344 e. The number of esters is 1. The lowest BCUT2D eigenvalue weighted by atomic mass is 10.1. The molecule has 6 heteroatoms. The van der Waals surface area contributed by atoms with Crippen LogP contribution in [-0.4, -0.2) is 55.3 Å². The summed E-state index contributed by atoms with van der Waals surface area (Å²) in [5.74, 6) is -0.199. The van der Waals surface area contributed by atoms with Crippen molar-refractivity contribution in [2.75, 3.05) is 26.3 Å². The third-order valence-electron chi connectivity index (χ3n) is 4.21. The summed E-state index contributed by atoms with van der Waals surface area (Å²) in [6, 6.07) is 13.5. The molecule has 1 saturated heterocycles. The third-order valence-corrected chi connectivity index (χ3v) is 4.21. The summed E-state index contributed by atoms with van der Waals surface area (Å²) in [5.41, 5.74) is 0. The van der Waals surface area contributed by atoms with E-state index in [0.717, 1.165) is 10.8 Å². The SMILES string of the molecule is C[C@@H]1CN(C(=O)COC(=O)COc2ccc3ccccc3c2)C[C@H](C)O1. The number of ether oxygens (including phenoxy) is 3. The van der Waals surface area contributed by atoms with E-state index < -0.39 is 5.97 Å². The maximum atomic E-state index is 12.2. The molecular formula is C20H23NO5. The summed E-state index contributed by atoms with van der Waals surface area (Å²) in [7, 11) is 0. The van der Waals surface area contributed by atoms with E-state index in [-0.39, 0.29) is 31.3 Å². The normalized spacial score (nSPS) is 20.0. The highest BCUT2D eigenvalue weighted by molar-refractivity contribution is 5.84. The van der Waals surface area contributed by atoms with Crippen molar-refractivity contribution in [2.45, 2.75) is 26.1 Å². The van der Waals surface area contributed by atoms with Crippen molar-refractivity contribution in [2.24, 2.45) is 0 Å². The van der Waals surface area contributed by atoms with Gasteiger partial charge in [-0.05, 0) is 36.8 Å². The number of carbonyl (C=O) groups is 2. The van der Waals surface area contributed by atoms with Gasteiger partial charge in [0.1, 0.15) is 5.75 Å². The van der Waals surface area contributed by atoms with Crippen LogP contribution in [0, 0.1) is 0 Å². The fourth-order valence-corrected chi connectivity index (χ4v) is 3.06. The summed E-state index contributed by atoms with van der Waals surface area (Å²) in [5, 5.41) is 2.13. The van der Waals surface area contributed by atoms with Crippen molar-refractivity contribution in [3.8, 4) is 5.75 Å². The monoisotopic (exact) mass is 357 g/mol. The van der Waals surface area contributed by atoms with Crippen molar-refractivity contribution < 1.29 is 23.8 Å². The van der Waals surface area contributed by atoms with Gasteiger partial charge in [-0.3, -0.25) is 4.79 Å². The van der Waals surface area contributed by atoms with Crippen molar-refractivity contribution >= 4 is 22.6 Å². The van der Waals surface area contributed by atoms with E-state index in [9.17, 15) is 9.59 Å². The third kappa shape index (κ3) is 4.73. The number of rotatable bonds is 5. The van der Waals surface area contributed by atoms with E-state index in [1.165, 1.54) is 0 Å². The van der Waals surface area contributed by atoms with Gasteiger partial charge in [-0.2, -0.15) is 0 Å². The van der Waals surface area contributed by atoms with Crippen LogP contribution in [0.15, 0.2) is 42.5 Å². The highest BCUT2D eigenvalue weighted by atomic mass is 16.6. The Morgan fingerprint density at radius 3 is 2.46 bits per heavy atom. The quantitative estimate of drug-likeness (QED) is 0.769. The van der Waals surface area contributed by atoms with Gasteiger partial charge < -0.3 is 19.1 Å². The summed E-state index contributed by atoms with van der Waals surface area (Å²) in [6.45, 7) is 4.34. The number of hydrogen-bond donors (Lipinski definition) is 0. The second-order valence-electron chi connectivity index (χ2n) is 6.51. The Balaban J connectivity index is 1.45. The van der Waals surface area contributed by atoms with E-state index >= 15 is 0 Å². The van der Waals surface area contributed by atoms with Crippen LogP contribution in [-0.2, 0) is 19.1 Å². The van der Waals surface area contributed by atoms with Gasteiger partial charge in [0.25, 0.3) is 5.91 Å². The Morgan fingerprint density at radius 1 is 1.04 bits per heavy atom. The highest BCUT2D eigenvalue weighted by Crippen LogP contribution is 2.20. The number of amides is 1. The molecule has 2 aromatic rings. The van der Waals surface area contributed by atoms with Crippen molar-refractivity contribution in [3.05, 3.63) is 42.5 Å². The lowest BCUT2D eigenvalue weighted by molar-refractivity contribution is -0.158. The molecule has 1 aliphatic rings. The molecule has 0 N–H and O–H groups in total. The van der Waals surface area contributed by atoms with Crippen molar-refractivity contribution in [1.29, 1.82) is 0 Å². The topological polar surface area (TPSA) is 65.1 Å². The Kier molecular flexibility index (Phi) is 5.73. The Hall–Kier alpha value is -2.60. The minimum Gasteiger partial charge on any atom is -0.482 e. The van der Waals surface area contributed by atoms with Gasteiger partial charge >= 0.3 is 5.97 Å². The van der Waals surface area contributed by atoms with Crippen LogP contribution >= 0.6 is 0 Å². The Morgan fingerprint density at radius 2 is 1.73 bits per heavy atom. The zero-order valence-electron chi connectivity index (χ0n) is 15.0. The first-order valence-electron chi connectivity index (χ1n) is 8.72. The average molecular weight is 357 g/mol. The van der Waals surface area contributed by atoms with Crippen molar-refractivity contribution in [3.63, 3.8) is 0 Å². The number of hydrogen-bond acceptors (Lipinski definition) is 5. The van der Waals surface area contributed by atoms with Crippen LogP contribution in [0.4, 0.5) is 0 Å². The van der Waals surface area contributed by atoms with E-state index in [0.29, 0.717) is 18.8 Å². The molecule has 6 nitrogen and oxygen atoms in total. The maximum Gasteiger partial charge on any atom is 0.344 e. The van der Waals surface area contributed by atoms with Gasteiger partial charge in [-0.15, -0.1) is 0 Å². The summed E-state index contributed by atoms with van der Waals surface area (Å²) in [6.07, 6.45) is -0.0377. The first-order chi connectivity index (χ1) is 12.5. The molecule has 1 heterocycles. The highest BCUT2D eigenvalue weighted by Gasteiger charge is 2.26. The lowest BCUT2D eigenvalue weighted by Crippen LogP contribution is -2.49. The van der Waals surface area contributed by atoms with Crippen LogP contribution in [0.25, 0.3) is 10.8 Å². The van der Waals surface area contributed by atoms with Gasteiger partial charge in [0, 0.05) is 13.1 Å². The Bertz CT molecular complexity index is 781. The molecule has 0 unspecified atom stereocenters. The Labute approximate surface area is 152 Å². The minimum atomic E-state index is -0.569. The minimum absolute atomic E-state index is 0.0189. The number of morpholine rings is 1. The molecule has 2 atom stereocenters. The average Bonchev–Trinajstić information content (AvgIpc) is 2.63. The first-order valence-corrected chi connectivity index (χ1v) is 8.72. The second kappa shape index (κ2) is 8.19. The van der Waals surface area contributed by atoms with Crippen LogP contribution in [0.1, 0.15) is 13.8 Å². The lowest BCUT2D eigenvalue weighted by Gasteiger charge is -2.35. The largest absolute Gasteiger partial charge is 0.482 e. The number of nitrogens with zero attached hydrogens (tertiary/aromatic N) is 1. The molecule has 0 saturated carbocycles. The van der Waals surface area contributed by atoms with Crippen LogP contribution in [0.2, 0.25) is 0 Å². The van der Waals surface area contributed by atoms with E-state index in [1.54, 1.807) is 11.0 Å². The summed E-state index contributed by atoms with van der Waals surface area (Å²) < 4.78 is 16.1. The zero-order valence-corrected chi connectivity index (χ0v) is 15.0. The molecular weight excluding hydrogens is 334 g/mol. The van der Waals surface area contributed by atoms with Gasteiger partial charge in [0.2, 0.25) is 0 Å². The predicted octanol–water partition coefficient (Wildman–Crippen LogP) is 2.40. The molecule has 2 aromatic carbocycles. The second-order valence-corrected chi connectivity index (χ2v) is 6.51. The fourth-order valence-electron chi connectivity index (χ4n) is 3.06. The van der Waals surface area contributed by atoms with Gasteiger partial charge in [-0.1, -0.05) is 30.3 Å². The fraction of sp³-hybridized carbons (Fsp3) is 0.400. The van der Waals surface area contributed by atoms with Gasteiger partial charge in [0.05, 0.1) is 12.2 Å². The summed E-state index contributed by atoms with van der Waals surface area (Å²) in [4.78, 5) is 25.7.